The molecule has 7 heteroatoms. The van der Waals surface area contributed by atoms with E-state index in [-0.39, 0.29) is 6.61 Å². The molecule has 0 unspecified atom stereocenters. The van der Waals surface area contributed by atoms with Crippen LogP contribution in [0.4, 0.5) is 0 Å². The topological polar surface area (TPSA) is 85.6 Å². The van der Waals surface area contributed by atoms with Crippen LogP contribution in [0.3, 0.4) is 0 Å². The molecule has 1 amide bonds. The maximum atomic E-state index is 12.4. The number of nitrogens with one attached hydrogen (secondary N) is 1. The fourth-order valence-corrected chi connectivity index (χ4v) is 3.58. The fraction of sp³-hybridized carbons (Fsp3) is 0.278. The van der Waals surface area contributed by atoms with Gasteiger partial charge in [-0.15, -0.1) is 11.3 Å². The molecule has 25 heavy (non-hydrogen) atoms. The van der Waals surface area contributed by atoms with Crippen molar-refractivity contribution in [3.63, 3.8) is 0 Å². The first-order valence-corrected chi connectivity index (χ1v) is 8.67. The number of carbonyl (C=O) groups excluding carboxylic acids is 2. The molecule has 2 aromatic heterocycles. The second kappa shape index (κ2) is 6.68. The minimum Gasteiger partial charge on any atom is -0.464 e. The third-order valence-corrected chi connectivity index (χ3v) is 4.91. The molecule has 0 aliphatic carbocycles. The van der Waals surface area contributed by atoms with Crippen molar-refractivity contribution in [2.45, 2.75) is 26.8 Å². The van der Waals surface area contributed by atoms with Gasteiger partial charge in [-0.2, -0.15) is 0 Å². The second-order valence-corrected chi connectivity index (χ2v) is 6.74. The smallest absolute Gasteiger partial charge is 0.345 e. The van der Waals surface area contributed by atoms with Crippen molar-refractivity contribution >= 4 is 44.3 Å². The standard InChI is InChI=1S/C18H17NO5S/c1-4-23-17(21)10(3)19-16(20)14-8-12-15(25-14)11-7-9(2)5-6-13(11)24-18(12)22/h5-8,10H,4H2,1-3H3,(H,19,20)/t10-/m1/s1. The third kappa shape index (κ3) is 3.28. The molecule has 2 heterocycles. The van der Waals surface area contributed by atoms with Gasteiger partial charge in [0.1, 0.15) is 11.6 Å². The maximum absolute atomic E-state index is 12.4. The van der Waals surface area contributed by atoms with Gasteiger partial charge < -0.3 is 14.5 Å². The van der Waals surface area contributed by atoms with Gasteiger partial charge in [0.05, 0.1) is 21.6 Å². The summed E-state index contributed by atoms with van der Waals surface area (Å²) in [6.45, 7) is 5.44. The number of rotatable bonds is 4. The minimum absolute atomic E-state index is 0.244. The lowest BCUT2D eigenvalue weighted by atomic mass is 10.1. The molecule has 0 aliphatic heterocycles. The van der Waals surface area contributed by atoms with Gasteiger partial charge in [0, 0.05) is 5.39 Å². The lowest BCUT2D eigenvalue weighted by Gasteiger charge is -2.11. The quantitative estimate of drug-likeness (QED) is 0.572. The molecular weight excluding hydrogens is 342 g/mol. The third-order valence-electron chi connectivity index (χ3n) is 3.75. The van der Waals surface area contributed by atoms with Crippen LogP contribution in [0.15, 0.2) is 33.5 Å². The first kappa shape index (κ1) is 17.2. The Balaban J connectivity index is 2.01. The Labute approximate surface area is 147 Å². The van der Waals surface area contributed by atoms with Crippen LogP contribution in [0, 0.1) is 6.92 Å². The molecule has 1 atom stereocenters. The van der Waals surface area contributed by atoms with Crippen LogP contribution in [0.2, 0.25) is 0 Å². The van der Waals surface area contributed by atoms with E-state index in [1.807, 2.05) is 19.1 Å². The van der Waals surface area contributed by atoms with Gasteiger partial charge in [0.2, 0.25) is 0 Å². The Morgan fingerprint density at radius 3 is 2.76 bits per heavy atom. The highest BCUT2D eigenvalue weighted by molar-refractivity contribution is 7.21. The summed E-state index contributed by atoms with van der Waals surface area (Å²) < 4.78 is 10.9. The Kier molecular flexibility index (Phi) is 4.59. The van der Waals surface area contributed by atoms with Crippen molar-refractivity contribution in [3.8, 4) is 0 Å². The molecule has 6 nitrogen and oxygen atoms in total. The molecule has 0 radical (unpaired) electrons. The molecule has 0 saturated heterocycles. The van der Waals surface area contributed by atoms with E-state index in [2.05, 4.69) is 5.32 Å². The van der Waals surface area contributed by atoms with Gasteiger partial charge in [-0.05, 0) is 39.0 Å². The minimum atomic E-state index is -0.770. The number of benzene rings is 1. The van der Waals surface area contributed by atoms with Crippen molar-refractivity contribution in [1.82, 2.24) is 5.32 Å². The number of hydrogen-bond acceptors (Lipinski definition) is 6. The number of carbonyl (C=O) groups is 2. The van der Waals surface area contributed by atoms with E-state index in [9.17, 15) is 14.4 Å². The van der Waals surface area contributed by atoms with Crippen LogP contribution in [-0.4, -0.2) is 24.5 Å². The molecule has 0 bridgehead atoms. The van der Waals surface area contributed by atoms with E-state index in [1.54, 1.807) is 19.9 Å². The molecule has 1 N–H and O–H groups in total. The average Bonchev–Trinajstić information content (AvgIpc) is 3.02. The van der Waals surface area contributed by atoms with Gasteiger partial charge in [0.25, 0.3) is 5.91 Å². The normalized spacial score (nSPS) is 12.3. The molecule has 1 aromatic carbocycles. The van der Waals surface area contributed by atoms with Gasteiger partial charge >= 0.3 is 11.6 Å². The summed E-state index contributed by atoms with van der Waals surface area (Å²) in [6.07, 6.45) is 0. The monoisotopic (exact) mass is 359 g/mol. The molecule has 0 fully saturated rings. The number of ether oxygens (including phenoxy) is 1. The lowest BCUT2D eigenvalue weighted by Crippen LogP contribution is -2.39. The van der Waals surface area contributed by atoms with Crippen LogP contribution < -0.4 is 10.9 Å². The fourth-order valence-electron chi connectivity index (χ4n) is 2.51. The Bertz CT molecular complexity index is 1030. The van der Waals surface area contributed by atoms with Gasteiger partial charge in [0.15, 0.2) is 0 Å². The highest BCUT2D eigenvalue weighted by Gasteiger charge is 2.20. The number of amides is 1. The number of fused-ring (bicyclic) bond motifs is 3. The highest BCUT2D eigenvalue weighted by Crippen LogP contribution is 2.31. The van der Waals surface area contributed by atoms with Crippen LogP contribution in [0.1, 0.15) is 29.1 Å². The Morgan fingerprint density at radius 2 is 2.04 bits per heavy atom. The zero-order valence-electron chi connectivity index (χ0n) is 14.0. The summed E-state index contributed by atoms with van der Waals surface area (Å²) in [6, 6.07) is 6.25. The molecule has 130 valence electrons. The van der Waals surface area contributed by atoms with E-state index in [1.165, 1.54) is 17.4 Å². The maximum Gasteiger partial charge on any atom is 0.345 e. The first-order valence-electron chi connectivity index (χ1n) is 7.85. The second-order valence-electron chi connectivity index (χ2n) is 5.69. The van der Waals surface area contributed by atoms with Gasteiger partial charge in [-0.3, -0.25) is 4.79 Å². The summed E-state index contributed by atoms with van der Waals surface area (Å²) in [5, 5.41) is 3.73. The van der Waals surface area contributed by atoms with E-state index in [4.69, 9.17) is 9.15 Å². The molecule has 0 aliphatic rings. The van der Waals surface area contributed by atoms with E-state index in [0.717, 1.165) is 10.9 Å². The molecule has 0 saturated carbocycles. The highest BCUT2D eigenvalue weighted by atomic mass is 32.1. The summed E-state index contributed by atoms with van der Waals surface area (Å²) in [4.78, 5) is 36.6. The lowest BCUT2D eigenvalue weighted by molar-refractivity contribution is -0.144. The van der Waals surface area contributed by atoms with Crippen LogP contribution in [0.5, 0.6) is 0 Å². The largest absolute Gasteiger partial charge is 0.464 e. The van der Waals surface area contributed by atoms with E-state index >= 15 is 0 Å². The van der Waals surface area contributed by atoms with Gasteiger partial charge in [-0.1, -0.05) is 11.6 Å². The molecular formula is C18H17NO5S. The van der Waals surface area contributed by atoms with Crippen molar-refractivity contribution in [1.29, 1.82) is 0 Å². The SMILES string of the molecule is CCOC(=O)[C@@H](C)NC(=O)c1cc2c(=O)oc3ccc(C)cc3c2s1. The Hall–Kier alpha value is -2.67. The summed E-state index contributed by atoms with van der Waals surface area (Å²) in [5.74, 6) is -0.931. The zero-order valence-corrected chi connectivity index (χ0v) is 14.9. The number of hydrogen-bond donors (Lipinski definition) is 1. The van der Waals surface area contributed by atoms with Crippen molar-refractivity contribution in [2.24, 2.45) is 0 Å². The number of thiophene rings is 1. The zero-order chi connectivity index (χ0) is 18.1. The molecule has 3 aromatic rings. The Morgan fingerprint density at radius 1 is 1.28 bits per heavy atom. The van der Waals surface area contributed by atoms with Gasteiger partial charge in [-0.25, -0.2) is 9.59 Å². The van der Waals surface area contributed by atoms with Crippen molar-refractivity contribution in [3.05, 3.63) is 45.1 Å². The first-order chi connectivity index (χ1) is 11.9. The van der Waals surface area contributed by atoms with Crippen LogP contribution >= 0.6 is 11.3 Å². The molecule has 0 spiro atoms. The number of aryl methyl sites for hydroxylation is 1. The van der Waals surface area contributed by atoms with E-state index < -0.39 is 23.5 Å². The summed E-state index contributed by atoms with van der Waals surface area (Å²) in [7, 11) is 0. The predicted molar refractivity (Wildman–Crippen MR) is 96.2 cm³/mol. The van der Waals surface area contributed by atoms with Crippen LogP contribution in [0.25, 0.3) is 21.1 Å². The van der Waals surface area contributed by atoms with Crippen LogP contribution in [-0.2, 0) is 9.53 Å². The van der Waals surface area contributed by atoms with Crippen molar-refractivity contribution < 1.29 is 18.7 Å². The predicted octanol–water partition coefficient (Wildman–Crippen LogP) is 3.00. The summed E-state index contributed by atoms with van der Waals surface area (Å²) in [5.41, 5.74) is 1.02. The van der Waals surface area contributed by atoms with Crippen molar-refractivity contribution in [2.75, 3.05) is 6.61 Å². The number of esters is 1. The molecule has 3 rings (SSSR count). The average molecular weight is 359 g/mol. The summed E-state index contributed by atoms with van der Waals surface area (Å²) >= 11 is 1.20. The van der Waals surface area contributed by atoms with E-state index in [0.29, 0.717) is 20.5 Å².